The van der Waals surface area contributed by atoms with Crippen LogP contribution in [0.15, 0.2) is 41.7 Å². The van der Waals surface area contributed by atoms with E-state index in [1.54, 1.807) is 6.33 Å². The topological polar surface area (TPSA) is 67.6 Å². The predicted octanol–water partition coefficient (Wildman–Crippen LogP) is 3.17. The zero-order valence-electron chi connectivity index (χ0n) is 17.6. The highest BCUT2D eigenvalue weighted by Crippen LogP contribution is 2.07. The molecule has 29 heavy (non-hydrogen) atoms. The molecule has 0 aliphatic carbocycles. The van der Waals surface area contributed by atoms with Crippen LogP contribution < -0.4 is 10.1 Å². The molecule has 0 bridgehead atoms. The number of rotatable bonds is 12. The molecule has 7 nitrogen and oxygen atoms in total. The lowest BCUT2D eigenvalue weighted by atomic mass is 10.3. The maximum atomic E-state index is 5.82. The Balaban J connectivity index is 0.00000420. The Hall–Kier alpha value is -1.49. The number of halogens is 1. The summed E-state index contributed by atoms with van der Waals surface area (Å²) in [7, 11) is 2.05. The normalized spacial score (nSPS) is 11.1. The summed E-state index contributed by atoms with van der Waals surface area (Å²) >= 11 is 1.85. The number of hydrogen-bond donors (Lipinski definition) is 1. The monoisotopic (exact) mass is 532 g/mol. The fourth-order valence-electron chi connectivity index (χ4n) is 2.66. The molecule has 0 amide bonds. The first-order valence-corrected chi connectivity index (χ1v) is 11.2. The van der Waals surface area contributed by atoms with Gasteiger partial charge in [-0.1, -0.05) is 25.1 Å². The Morgan fingerprint density at radius 1 is 1.31 bits per heavy atom. The number of aryl methyl sites for hydroxylation is 1. The molecule has 0 aliphatic heterocycles. The Morgan fingerprint density at radius 2 is 2.10 bits per heavy atom. The van der Waals surface area contributed by atoms with E-state index < -0.39 is 0 Å². The maximum absolute atomic E-state index is 5.82. The Morgan fingerprint density at radius 3 is 2.83 bits per heavy atom. The average Bonchev–Trinajstić information content (AvgIpc) is 3.18. The molecule has 0 saturated heterocycles. The van der Waals surface area contributed by atoms with E-state index in [0.717, 1.165) is 62.3 Å². The molecule has 0 saturated carbocycles. The summed E-state index contributed by atoms with van der Waals surface area (Å²) in [6.07, 6.45) is 5.87. The fraction of sp³-hybridized carbons (Fsp3) is 0.550. The Labute approximate surface area is 195 Å². The van der Waals surface area contributed by atoms with E-state index in [1.165, 1.54) is 0 Å². The van der Waals surface area contributed by atoms with Crippen molar-refractivity contribution in [2.75, 3.05) is 45.3 Å². The number of benzene rings is 1. The van der Waals surface area contributed by atoms with E-state index in [4.69, 9.17) is 9.73 Å². The average molecular weight is 532 g/mol. The summed E-state index contributed by atoms with van der Waals surface area (Å²) in [5.41, 5.74) is 0. The summed E-state index contributed by atoms with van der Waals surface area (Å²) in [4.78, 5) is 6.89. The first-order valence-electron chi connectivity index (χ1n) is 9.77. The molecule has 2 rings (SSSR count). The third-order valence-corrected chi connectivity index (χ3v) is 4.91. The minimum atomic E-state index is 0. The third kappa shape index (κ3) is 9.70. The van der Waals surface area contributed by atoms with Gasteiger partial charge in [0.25, 0.3) is 0 Å². The summed E-state index contributed by atoms with van der Waals surface area (Å²) in [6, 6.07) is 9.89. The van der Waals surface area contributed by atoms with Crippen LogP contribution in [0.4, 0.5) is 0 Å². The van der Waals surface area contributed by atoms with Crippen molar-refractivity contribution in [1.29, 1.82) is 0 Å². The first-order chi connectivity index (χ1) is 13.7. The van der Waals surface area contributed by atoms with Gasteiger partial charge < -0.3 is 19.5 Å². The summed E-state index contributed by atoms with van der Waals surface area (Å²) < 4.78 is 7.90. The predicted molar refractivity (Wildman–Crippen MR) is 133 cm³/mol. The zero-order chi connectivity index (χ0) is 20.0. The van der Waals surface area contributed by atoms with Gasteiger partial charge in [-0.2, -0.15) is 11.8 Å². The minimum Gasteiger partial charge on any atom is -0.492 e. The van der Waals surface area contributed by atoms with Gasteiger partial charge in [0.2, 0.25) is 0 Å². The van der Waals surface area contributed by atoms with Crippen LogP contribution in [0.5, 0.6) is 5.75 Å². The first kappa shape index (κ1) is 25.5. The molecular weight excluding hydrogens is 499 g/mol. The number of ether oxygens (including phenoxy) is 1. The smallest absolute Gasteiger partial charge is 0.193 e. The van der Waals surface area contributed by atoms with Gasteiger partial charge in [0.15, 0.2) is 5.96 Å². The zero-order valence-corrected chi connectivity index (χ0v) is 20.7. The maximum Gasteiger partial charge on any atom is 0.193 e. The number of likely N-dealkylation sites (N-methyl/N-ethyl adjacent to an activating group) is 1. The number of nitrogens with zero attached hydrogens (tertiary/aromatic N) is 5. The molecule has 1 aromatic carbocycles. The SMILES string of the molecule is CCc1nncn1CCNC(=NCCCSC)N(C)CCOc1ccccc1.I. The Kier molecular flexibility index (Phi) is 13.5. The molecule has 2 aromatic rings. The highest BCUT2D eigenvalue weighted by atomic mass is 127. The number of nitrogens with one attached hydrogen (secondary N) is 1. The third-order valence-electron chi connectivity index (χ3n) is 4.22. The number of aromatic nitrogens is 3. The lowest BCUT2D eigenvalue weighted by Gasteiger charge is -2.23. The number of aliphatic imine (C=N–C) groups is 1. The summed E-state index contributed by atoms with van der Waals surface area (Å²) in [5.74, 6) is 3.92. The highest BCUT2D eigenvalue weighted by Gasteiger charge is 2.08. The van der Waals surface area contributed by atoms with Crippen molar-refractivity contribution in [3.8, 4) is 5.75 Å². The van der Waals surface area contributed by atoms with E-state index in [1.807, 2.05) is 49.1 Å². The lowest BCUT2D eigenvalue weighted by molar-refractivity contribution is 0.281. The second kappa shape index (κ2) is 15.4. The van der Waals surface area contributed by atoms with Crippen molar-refractivity contribution in [1.82, 2.24) is 25.0 Å². The lowest BCUT2D eigenvalue weighted by Crippen LogP contribution is -2.42. The van der Waals surface area contributed by atoms with Crippen molar-refractivity contribution in [2.45, 2.75) is 26.3 Å². The number of guanidine groups is 1. The number of hydrogen-bond acceptors (Lipinski definition) is 5. The van der Waals surface area contributed by atoms with Crippen LogP contribution in [0.25, 0.3) is 0 Å². The van der Waals surface area contributed by atoms with Gasteiger partial charge in [-0.3, -0.25) is 4.99 Å². The van der Waals surface area contributed by atoms with Crippen LogP contribution in [0.2, 0.25) is 0 Å². The van der Waals surface area contributed by atoms with Gasteiger partial charge in [0.05, 0.1) is 6.54 Å². The molecule has 9 heteroatoms. The van der Waals surface area contributed by atoms with Crippen LogP contribution in [0.1, 0.15) is 19.2 Å². The van der Waals surface area contributed by atoms with Crippen LogP contribution >= 0.6 is 35.7 Å². The van der Waals surface area contributed by atoms with Gasteiger partial charge in [0.1, 0.15) is 24.5 Å². The quantitative estimate of drug-likeness (QED) is 0.196. The van der Waals surface area contributed by atoms with Crippen molar-refractivity contribution in [3.63, 3.8) is 0 Å². The van der Waals surface area contributed by atoms with E-state index >= 15 is 0 Å². The van der Waals surface area contributed by atoms with Crippen LogP contribution in [-0.4, -0.2) is 70.9 Å². The molecule has 0 unspecified atom stereocenters. The van der Waals surface area contributed by atoms with E-state index in [2.05, 4.69) is 38.2 Å². The standard InChI is InChI=1S/C20H32N6OS.HI/c1-4-19-24-23-17-26(19)13-12-22-20(21-11-8-16-28-3)25(2)14-15-27-18-9-6-5-7-10-18;/h5-7,9-10,17H,4,8,11-16H2,1-3H3,(H,21,22);1H. The van der Waals surface area contributed by atoms with Gasteiger partial charge in [-0.15, -0.1) is 34.2 Å². The van der Waals surface area contributed by atoms with E-state index in [9.17, 15) is 0 Å². The summed E-state index contributed by atoms with van der Waals surface area (Å²) in [5, 5.41) is 11.6. The molecule has 0 aliphatic rings. The fourth-order valence-corrected chi connectivity index (χ4v) is 3.07. The minimum absolute atomic E-state index is 0. The molecule has 1 heterocycles. The van der Waals surface area contributed by atoms with Gasteiger partial charge >= 0.3 is 0 Å². The molecule has 0 spiro atoms. The van der Waals surface area contributed by atoms with Crippen LogP contribution in [0, 0.1) is 0 Å². The molecule has 0 radical (unpaired) electrons. The second-order valence-corrected chi connectivity index (χ2v) is 7.34. The molecule has 0 fully saturated rings. The molecular formula is C20H33IN6OS. The molecule has 1 N–H and O–H groups in total. The molecule has 162 valence electrons. The molecule has 1 aromatic heterocycles. The Bertz CT molecular complexity index is 697. The van der Waals surface area contributed by atoms with Crippen LogP contribution in [0.3, 0.4) is 0 Å². The van der Waals surface area contributed by atoms with Crippen molar-refractivity contribution in [3.05, 3.63) is 42.5 Å². The number of thioether (sulfide) groups is 1. The summed E-state index contributed by atoms with van der Waals surface area (Å²) in [6.45, 7) is 5.87. The van der Waals surface area contributed by atoms with Crippen molar-refractivity contribution in [2.24, 2.45) is 4.99 Å². The van der Waals surface area contributed by atoms with Gasteiger partial charge in [-0.25, -0.2) is 0 Å². The van der Waals surface area contributed by atoms with E-state index in [0.29, 0.717) is 6.61 Å². The van der Waals surface area contributed by atoms with E-state index in [-0.39, 0.29) is 24.0 Å². The van der Waals surface area contributed by atoms with Crippen LogP contribution in [-0.2, 0) is 13.0 Å². The second-order valence-electron chi connectivity index (χ2n) is 6.36. The van der Waals surface area contributed by atoms with Gasteiger partial charge in [-0.05, 0) is 30.6 Å². The van der Waals surface area contributed by atoms with Crippen molar-refractivity contribution >= 4 is 41.7 Å². The van der Waals surface area contributed by atoms with Crippen molar-refractivity contribution < 1.29 is 4.74 Å². The molecule has 0 atom stereocenters. The number of para-hydroxylation sites is 1. The van der Waals surface area contributed by atoms with Gasteiger partial charge in [0, 0.05) is 33.1 Å². The highest BCUT2D eigenvalue weighted by molar-refractivity contribution is 14.0. The largest absolute Gasteiger partial charge is 0.492 e.